The predicted octanol–water partition coefficient (Wildman–Crippen LogP) is 4.92. The maximum absolute atomic E-state index is 9.28. The molecule has 2 heteroatoms. The maximum Gasteiger partial charge on any atom is 0.115 e. The van der Waals surface area contributed by atoms with Gasteiger partial charge in [0.15, 0.2) is 0 Å². The molecule has 0 saturated heterocycles. The van der Waals surface area contributed by atoms with Crippen LogP contribution in [-0.2, 0) is 11.3 Å². The minimum atomic E-state index is 0.302. The Kier molecular flexibility index (Phi) is 4.29. The van der Waals surface area contributed by atoms with Crippen LogP contribution in [0.4, 0.5) is 0 Å². The van der Waals surface area contributed by atoms with Crippen molar-refractivity contribution in [3.05, 3.63) is 83.6 Å². The van der Waals surface area contributed by atoms with E-state index in [2.05, 4.69) is 24.8 Å². The van der Waals surface area contributed by atoms with Crippen LogP contribution in [0.15, 0.2) is 72.5 Å². The molecule has 1 fully saturated rings. The van der Waals surface area contributed by atoms with Gasteiger partial charge in [0.1, 0.15) is 12.4 Å². The van der Waals surface area contributed by atoms with Gasteiger partial charge in [-0.3, -0.25) is 0 Å². The van der Waals surface area contributed by atoms with E-state index in [4.69, 9.17) is 4.74 Å². The highest BCUT2D eigenvalue weighted by molar-refractivity contribution is 5.55. The molecule has 0 aliphatic heterocycles. The van der Waals surface area contributed by atoms with Crippen molar-refractivity contribution in [3.63, 3.8) is 0 Å². The van der Waals surface area contributed by atoms with E-state index in [0.29, 0.717) is 18.3 Å². The second-order valence-electron chi connectivity index (χ2n) is 5.74. The Morgan fingerprint density at radius 3 is 2.45 bits per heavy atom. The summed E-state index contributed by atoms with van der Waals surface area (Å²) < 4.78 is 5.79. The summed E-state index contributed by atoms with van der Waals surface area (Å²) in [6, 6.07) is 17.4. The minimum Gasteiger partial charge on any atom is -0.508 e. The molecule has 0 aromatic heterocycles. The molecule has 0 amide bonds. The van der Waals surface area contributed by atoms with Crippen LogP contribution in [0, 0.1) is 5.92 Å². The molecule has 3 rings (SSSR count). The fourth-order valence-corrected chi connectivity index (χ4v) is 2.59. The van der Waals surface area contributed by atoms with Crippen molar-refractivity contribution in [2.24, 2.45) is 5.92 Å². The number of allylic oxidation sites excluding steroid dienone is 2. The van der Waals surface area contributed by atoms with Gasteiger partial charge in [-0.15, -0.1) is 0 Å². The molecule has 2 aromatic rings. The van der Waals surface area contributed by atoms with Crippen molar-refractivity contribution in [2.75, 3.05) is 0 Å². The SMILES string of the molecule is C=C(OCc1ccccc1)C1CC(=Cc2ccc(O)cc2)C1. The van der Waals surface area contributed by atoms with Crippen molar-refractivity contribution < 1.29 is 9.84 Å². The molecule has 0 bridgehead atoms. The second kappa shape index (κ2) is 6.52. The van der Waals surface area contributed by atoms with Gasteiger partial charge in [-0.25, -0.2) is 0 Å². The molecule has 0 atom stereocenters. The third kappa shape index (κ3) is 3.59. The number of hydrogen-bond acceptors (Lipinski definition) is 2. The van der Waals surface area contributed by atoms with Crippen LogP contribution in [0.5, 0.6) is 5.75 Å². The number of phenolic OH excluding ortho intramolecular Hbond substituents is 1. The quantitative estimate of drug-likeness (QED) is 0.793. The fraction of sp³-hybridized carbons (Fsp3) is 0.200. The standard InChI is InChI=1S/C20H20O2/c1-15(22-14-17-5-3-2-4-6-17)19-12-18(13-19)11-16-7-9-20(21)10-8-16/h2-11,19,21H,1,12-14H2. The van der Waals surface area contributed by atoms with Crippen LogP contribution in [-0.4, -0.2) is 5.11 Å². The summed E-state index contributed by atoms with van der Waals surface area (Å²) in [5.41, 5.74) is 3.70. The van der Waals surface area contributed by atoms with Gasteiger partial charge in [0, 0.05) is 5.92 Å². The monoisotopic (exact) mass is 292 g/mol. The van der Waals surface area contributed by atoms with Gasteiger partial charge >= 0.3 is 0 Å². The lowest BCUT2D eigenvalue weighted by Gasteiger charge is -2.30. The zero-order valence-corrected chi connectivity index (χ0v) is 12.5. The Morgan fingerprint density at radius 2 is 1.77 bits per heavy atom. The number of benzene rings is 2. The zero-order valence-electron chi connectivity index (χ0n) is 12.5. The minimum absolute atomic E-state index is 0.302. The molecule has 0 unspecified atom stereocenters. The molecule has 2 aromatic carbocycles. The topological polar surface area (TPSA) is 29.5 Å². The van der Waals surface area contributed by atoms with E-state index in [9.17, 15) is 5.11 Å². The van der Waals surface area contributed by atoms with Gasteiger partial charge in [-0.2, -0.15) is 0 Å². The second-order valence-corrected chi connectivity index (χ2v) is 5.74. The summed E-state index contributed by atoms with van der Waals surface area (Å²) >= 11 is 0. The average molecular weight is 292 g/mol. The first-order chi connectivity index (χ1) is 10.7. The normalized spacial score (nSPS) is 16.7. The Balaban J connectivity index is 1.48. The first-order valence-electron chi connectivity index (χ1n) is 7.55. The van der Waals surface area contributed by atoms with E-state index in [1.807, 2.05) is 30.3 Å². The highest BCUT2D eigenvalue weighted by atomic mass is 16.5. The molecule has 0 radical (unpaired) electrons. The molecule has 0 spiro atoms. The molecule has 1 N–H and O–H groups in total. The van der Waals surface area contributed by atoms with Crippen molar-refractivity contribution in [1.82, 2.24) is 0 Å². The molecule has 22 heavy (non-hydrogen) atoms. The van der Waals surface area contributed by atoms with Crippen LogP contribution in [0.1, 0.15) is 24.0 Å². The van der Waals surface area contributed by atoms with E-state index in [0.717, 1.165) is 24.2 Å². The third-order valence-electron chi connectivity index (χ3n) is 4.00. The first kappa shape index (κ1) is 14.5. The molecule has 1 aliphatic rings. The lowest BCUT2D eigenvalue weighted by atomic mass is 9.78. The Bertz CT molecular complexity index is 661. The Morgan fingerprint density at radius 1 is 1.09 bits per heavy atom. The molecular formula is C20H20O2. The lowest BCUT2D eigenvalue weighted by molar-refractivity contribution is 0.153. The van der Waals surface area contributed by atoms with Gasteiger partial charge in [0.2, 0.25) is 0 Å². The summed E-state index contributed by atoms with van der Waals surface area (Å²) in [5.74, 6) is 1.61. The molecule has 2 nitrogen and oxygen atoms in total. The summed E-state index contributed by atoms with van der Waals surface area (Å²) in [4.78, 5) is 0. The highest BCUT2D eigenvalue weighted by Crippen LogP contribution is 2.39. The lowest BCUT2D eigenvalue weighted by Crippen LogP contribution is -2.18. The van der Waals surface area contributed by atoms with Gasteiger partial charge in [0.05, 0.1) is 5.76 Å². The van der Waals surface area contributed by atoms with Crippen LogP contribution in [0.25, 0.3) is 6.08 Å². The zero-order chi connectivity index (χ0) is 15.4. The van der Waals surface area contributed by atoms with Crippen LogP contribution < -0.4 is 0 Å². The Labute approximate surface area is 131 Å². The maximum atomic E-state index is 9.28. The van der Waals surface area contributed by atoms with E-state index in [-0.39, 0.29) is 0 Å². The number of ether oxygens (including phenoxy) is 1. The van der Waals surface area contributed by atoms with E-state index >= 15 is 0 Å². The average Bonchev–Trinajstić information content (AvgIpc) is 2.51. The predicted molar refractivity (Wildman–Crippen MR) is 89.2 cm³/mol. The smallest absolute Gasteiger partial charge is 0.115 e. The molecule has 1 saturated carbocycles. The van der Waals surface area contributed by atoms with E-state index < -0.39 is 0 Å². The molecular weight excluding hydrogens is 272 g/mol. The summed E-state index contributed by atoms with van der Waals surface area (Å²) in [6.07, 6.45) is 4.20. The van der Waals surface area contributed by atoms with Gasteiger partial charge in [-0.1, -0.05) is 60.7 Å². The van der Waals surface area contributed by atoms with E-state index in [1.54, 1.807) is 12.1 Å². The van der Waals surface area contributed by atoms with Crippen molar-refractivity contribution in [2.45, 2.75) is 19.4 Å². The van der Waals surface area contributed by atoms with Gasteiger partial charge < -0.3 is 9.84 Å². The summed E-state index contributed by atoms with van der Waals surface area (Å²) in [5, 5.41) is 9.28. The first-order valence-corrected chi connectivity index (χ1v) is 7.55. The van der Waals surface area contributed by atoms with E-state index in [1.165, 1.54) is 11.1 Å². The van der Waals surface area contributed by atoms with Gasteiger partial charge in [0.25, 0.3) is 0 Å². The van der Waals surface area contributed by atoms with Gasteiger partial charge in [-0.05, 0) is 36.1 Å². The van der Waals surface area contributed by atoms with Crippen LogP contribution >= 0.6 is 0 Å². The number of aromatic hydroxyl groups is 1. The largest absolute Gasteiger partial charge is 0.508 e. The van der Waals surface area contributed by atoms with Crippen molar-refractivity contribution >= 4 is 6.08 Å². The van der Waals surface area contributed by atoms with Crippen molar-refractivity contribution in [1.29, 1.82) is 0 Å². The molecule has 0 heterocycles. The number of hydrogen-bond donors (Lipinski definition) is 1. The van der Waals surface area contributed by atoms with Crippen LogP contribution in [0.2, 0.25) is 0 Å². The highest BCUT2D eigenvalue weighted by Gasteiger charge is 2.26. The summed E-state index contributed by atoms with van der Waals surface area (Å²) in [7, 11) is 0. The fourth-order valence-electron chi connectivity index (χ4n) is 2.59. The third-order valence-corrected chi connectivity index (χ3v) is 4.00. The van der Waals surface area contributed by atoms with Crippen molar-refractivity contribution in [3.8, 4) is 5.75 Å². The van der Waals surface area contributed by atoms with Crippen LogP contribution in [0.3, 0.4) is 0 Å². The molecule has 1 aliphatic carbocycles. The summed E-state index contributed by atoms with van der Waals surface area (Å²) in [6.45, 7) is 4.65. The Hall–Kier alpha value is -2.48. The number of rotatable bonds is 5. The number of phenols is 1. The molecule has 112 valence electrons.